The summed E-state index contributed by atoms with van der Waals surface area (Å²) in [5.74, 6) is 1.39. The highest BCUT2D eigenvalue weighted by atomic mass is 32.1. The number of fused-ring (bicyclic) bond motifs is 2. The second kappa shape index (κ2) is 9.43. The number of pyridine rings is 1. The van der Waals surface area contributed by atoms with Gasteiger partial charge in [0.05, 0.1) is 12.1 Å². The minimum Gasteiger partial charge on any atom is -0.486 e. The van der Waals surface area contributed by atoms with E-state index in [1.165, 1.54) is 24.8 Å². The first-order valence-electron chi connectivity index (χ1n) is 11.7. The van der Waals surface area contributed by atoms with Gasteiger partial charge in [-0.1, -0.05) is 31.4 Å². The van der Waals surface area contributed by atoms with Gasteiger partial charge in [0.2, 0.25) is 0 Å². The Labute approximate surface area is 198 Å². The first-order valence-corrected chi connectivity index (χ1v) is 12.1. The third kappa shape index (κ3) is 4.83. The molecule has 2 heterocycles. The van der Waals surface area contributed by atoms with Crippen LogP contribution in [0.2, 0.25) is 0 Å². The van der Waals surface area contributed by atoms with Gasteiger partial charge in [0, 0.05) is 28.7 Å². The molecular weight excluding hydrogens is 434 g/mol. The maximum atomic E-state index is 13.0. The number of benzene rings is 2. The Hall–Kier alpha value is -3.06. The molecule has 0 radical (unpaired) electrons. The van der Waals surface area contributed by atoms with E-state index in [1.54, 1.807) is 0 Å². The Balaban J connectivity index is 1.45. The van der Waals surface area contributed by atoms with Crippen molar-refractivity contribution in [3.63, 3.8) is 0 Å². The highest BCUT2D eigenvalue weighted by molar-refractivity contribution is 7.80. The summed E-state index contributed by atoms with van der Waals surface area (Å²) in [6.07, 6.45) is 5.79. The van der Waals surface area contributed by atoms with Crippen molar-refractivity contribution in [2.75, 3.05) is 18.5 Å². The number of aromatic nitrogens is 1. The summed E-state index contributed by atoms with van der Waals surface area (Å²) in [5.41, 5.74) is 3.48. The first-order chi connectivity index (χ1) is 16.1. The lowest BCUT2D eigenvalue weighted by atomic mass is 9.94. The van der Waals surface area contributed by atoms with E-state index < -0.39 is 0 Å². The summed E-state index contributed by atoms with van der Waals surface area (Å²) in [6.45, 7) is 3.57. The second-order valence-corrected chi connectivity index (χ2v) is 9.31. The maximum Gasteiger partial charge on any atom is 0.253 e. The van der Waals surface area contributed by atoms with Crippen LogP contribution in [-0.2, 0) is 6.54 Å². The van der Waals surface area contributed by atoms with Crippen LogP contribution in [0.25, 0.3) is 10.9 Å². The van der Waals surface area contributed by atoms with Gasteiger partial charge in [-0.3, -0.25) is 4.79 Å². The van der Waals surface area contributed by atoms with E-state index in [1.807, 2.05) is 30.3 Å². The van der Waals surface area contributed by atoms with Crippen molar-refractivity contribution in [2.24, 2.45) is 0 Å². The fraction of sp³-hybridized carbons (Fsp3) is 0.385. The molecule has 5 rings (SSSR count). The second-order valence-electron chi connectivity index (χ2n) is 8.93. The molecule has 172 valence electrons. The summed E-state index contributed by atoms with van der Waals surface area (Å²) in [7, 11) is 0. The lowest BCUT2D eigenvalue weighted by Gasteiger charge is -2.36. The standard InChI is InChI=1S/C26H29N3O3S/c1-17-6-5-7-20(12-17)27-26(33)29(21-8-3-2-4-9-21)16-19-13-18-14-23-24(32-11-10-31-23)15-22(18)28-25(19)30/h5-7,12-15,21H,2-4,8-11,16H2,1H3,(H,27,33)(H,28,30). The molecule has 1 fully saturated rings. The Bertz CT molecular complexity index is 1230. The van der Waals surface area contributed by atoms with E-state index >= 15 is 0 Å². The molecule has 2 aliphatic rings. The van der Waals surface area contributed by atoms with Crippen LogP contribution in [0.5, 0.6) is 11.5 Å². The number of aryl methyl sites for hydroxylation is 1. The number of aromatic amines is 1. The molecule has 0 bridgehead atoms. The van der Waals surface area contributed by atoms with Gasteiger partial charge in [-0.2, -0.15) is 0 Å². The number of H-pyrrole nitrogens is 1. The predicted molar refractivity (Wildman–Crippen MR) is 135 cm³/mol. The summed E-state index contributed by atoms with van der Waals surface area (Å²) in [4.78, 5) is 18.3. The quantitative estimate of drug-likeness (QED) is 0.523. The summed E-state index contributed by atoms with van der Waals surface area (Å²) < 4.78 is 11.4. The molecule has 33 heavy (non-hydrogen) atoms. The van der Waals surface area contributed by atoms with Crippen molar-refractivity contribution in [1.29, 1.82) is 0 Å². The first kappa shape index (κ1) is 21.8. The van der Waals surface area contributed by atoms with Gasteiger partial charge in [-0.05, 0) is 61.8 Å². The van der Waals surface area contributed by atoms with E-state index in [0.717, 1.165) is 29.4 Å². The zero-order valence-electron chi connectivity index (χ0n) is 18.9. The molecule has 0 saturated heterocycles. The molecule has 1 saturated carbocycles. The summed E-state index contributed by atoms with van der Waals surface area (Å²) in [5, 5.41) is 4.99. The van der Waals surface area contributed by atoms with Gasteiger partial charge < -0.3 is 24.7 Å². The number of hydrogen-bond donors (Lipinski definition) is 2. The highest BCUT2D eigenvalue weighted by Crippen LogP contribution is 2.34. The fourth-order valence-corrected chi connectivity index (χ4v) is 5.10. The van der Waals surface area contributed by atoms with Crippen LogP contribution in [0.4, 0.5) is 5.69 Å². The molecule has 1 aromatic heterocycles. The number of nitrogens with zero attached hydrogens (tertiary/aromatic N) is 1. The number of rotatable bonds is 4. The van der Waals surface area contributed by atoms with Crippen molar-refractivity contribution in [1.82, 2.24) is 9.88 Å². The summed E-state index contributed by atoms with van der Waals surface area (Å²) in [6, 6.07) is 14.2. The van der Waals surface area contributed by atoms with Gasteiger partial charge in [-0.25, -0.2) is 0 Å². The van der Waals surface area contributed by atoms with Gasteiger partial charge in [0.15, 0.2) is 16.6 Å². The maximum absolute atomic E-state index is 13.0. The molecule has 7 heteroatoms. The zero-order chi connectivity index (χ0) is 22.8. The van der Waals surface area contributed by atoms with Gasteiger partial charge in [0.1, 0.15) is 13.2 Å². The zero-order valence-corrected chi connectivity index (χ0v) is 19.7. The molecule has 1 aliphatic carbocycles. The molecule has 1 aliphatic heterocycles. The number of thiocarbonyl (C=S) groups is 1. The topological polar surface area (TPSA) is 66.6 Å². The number of hydrogen-bond acceptors (Lipinski definition) is 4. The van der Waals surface area contributed by atoms with Gasteiger partial charge in [-0.15, -0.1) is 0 Å². The van der Waals surface area contributed by atoms with E-state index in [2.05, 4.69) is 34.3 Å². The van der Waals surface area contributed by atoms with Crippen LogP contribution < -0.4 is 20.3 Å². The van der Waals surface area contributed by atoms with Crippen molar-refractivity contribution < 1.29 is 9.47 Å². The van der Waals surface area contributed by atoms with Crippen LogP contribution >= 0.6 is 12.2 Å². The van der Waals surface area contributed by atoms with Crippen molar-refractivity contribution in [2.45, 2.75) is 51.6 Å². The van der Waals surface area contributed by atoms with Crippen LogP contribution in [0, 0.1) is 6.92 Å². The largest absolute Gasteiger partial charge is 0.486 e. The van der Waals surface area contributed by atoms with Crippen LogP contribution in [0.1, 0.15) is 43.2 Å². The predicted octanol–water partition coefficient (Wildman–Crippen LogP) is 5.14. The molecule has 6 nitrogen and oxygen atoms in total. The lowest BCUT2D eigenvalue weighted by molar-refractivity contribution is 0.172. The number of nitrogens with one attached hydrogen (secondary N) is 2. The molecule has 3 aromatic rings. The number of anilines is 1. The summed E-state index contributed by atoms with van der Waals surface area (Å²) >= 11 is 5.87. The van der Waals surface area contributed by atoms with Crippen LogP contribution in [0.3, 0.4) is 0 Å². The lowest BCUT2D eigenvalue weighted by Crippen LogP contribution is -2.44. The van der Waals surface area contributed by atoms with E-state index in [0.29, 0.717) is 48.0 Å². The van der Waals surface area contributed by atoms with Crippen LogP contribution in [0.15, 0.2) is 47.3 Å². The van der Waals surface area contributed by atoms with Gasteiger partial charge >= 0.3 is 0 Å². The normalized spacial score (nSPS) is 15.9. The fourth-order valence-electron chi connectivity index (χ4n) is 4.77. The molecule has 0 spiro atoms. The van der Waals surface area contributed by atoms with E-state index in [9.17, 15) is 4.79 Å². The monoisotopic (exact) mass is 463 g/mol. The minimum atomic E-state index is -0.0988. The highest BCUT2D eigenvalue weighted by Gasteiger charge is 2.25. The Morgan fingerprint density at radius 1 is 1.09 bits per heavy atom. The number of ether oxygens (including phenoxy) is 2. The van der Waals surface area contributed by atoms with Crippen molar-refractivity contribution >= 4 is 33.9 Å². The SMILES string of the molecule is Cc1cccc(NC(=S)N(Cc2cc3cc4c(cc3[nH]c2=O)OCCO4)C2CCCCC2)c1. The molecule has 0 unspecified atom stereocenters. The Kier molecular flexibility index (Phi) is 6.22. The molecule has 2 N–H and O–H groups in total. The molecule has 0 atom stereocenters. The van der Waals surface area contributed by atoms with Crippen molar-refractivity contribution in [3.05, 3.63) is 63.9 Å². The third-order valence-corrected chi connectivity index (χ3v) is 6.81. The van der Waals surface area contributed by atoms with Crippen LogP contribution in [-0.4, -0.2) is 34.3 Å². The molecule has 0 amide bonds. The van der Waals surface area contributed by atoms with Gasteiger partial charge in [0.25, 0.3) is 5.56 Å². The Morgan fingerprint density at radius 3 is 2.61 bits per heavy atom. The third-order valence-electron chi connectivity index (χ3n) is 6.47. The van der Waals surface area contributed by atoms with E-state index in [4.69, 9.17) is 21.7 Å². The Morgan fingerprint density at radius 2 is 1.85 bits per heavy atom. The average molecular weight is 464 g/mol. The average Bonchev–Trinajstić information content (AvgIpc) is 2.82. The van der Waals surface area contributed by atoms with E-state index in [-0.39, 0.29) is 5.56 Å². The smallest absolute Gasteiger partial charge is 0.253 e. The van der Waals surface area contributed by atoms with Crippen molar-refractivity contribution in [3.8, 4) is 11.5 Å². The molecule has 2 aromatic carbocycles. The minimum absolute atomic E-state index is 0.0988. The molecular formula is C26H29N3O3S.